The average Bonchev–Trinajstić information content (AvgIpc) is 3.07. The van der Waals surface area contributed by atoms with Gasteiger partial charge in [0.1, 0.15) is 0 Å². The van der Waals surface area contributed by atoms with E-state index in [1.165, 1.54) is 25.7 Å². The van der Waals surface area contributed by atoms with Crippen molar-refractivity contribution in [1.82, 2.24) is 10.2 Å². The number of hydrogen-bond acceptors (Lipinski definition) is 3. The Morgan fingerprint density at radius 2 is 2.18 bits per heavy atom. The van der Waals surface area contributed by atoms with Gasteiger partial charge in [-0.2, -0.15) is 0 Å². The fourth-order valence-corrected chi connectivity index (χ4v) is 4.75. The van der Waals surface area contributed by atoms with Crippen molar-refractivity contribution in [3.63, 3.8) is 0 Å². The fourth-order valence-electron chi connectivity index (χ4n) is 4.75. The van der Waals surface area contributed by atoms with Crippen LogP contribution in [0.4, 0.5) is 0 Å². The zero-order valence-corrected chi connectivity index (χ0v) is 14.2. The van der Waals surface area contributed by atoms with Crippen LogP contribution in [-0.2, 0) is 9.53 Å². The van der Waals surface area contributed by atoms with Crippen molar-refractivity contribution < 1.29 is 9.53 Å². The van der Waals surface area contributed by atoms with E-state index in [0.29, 0.717) is 18.4 Å². The van der Waals surface area contributed by atoms with E-state index in [4.69, 9.17) is 4.74 Å². The van der Waals surface area contributed by atoms with Crippen molar-refractivity contribution in [2.45, 2.75) is 52.1 Å². The summed E-state index contributed by atoms with van der Waals surface area (Å²) in [4.78, 5) is 14.7. The van der Waals surface area contributed by atoms with Crippen LogP contribution in [0, 0.1) is 23.7 Å². The highest BCUT2D eigenvalue weighted by Gasteiger charge is 2.40. The minimum atomic E-state index is 0.163. The molecule has 2 saturated carbocycles. The molecule has 2 aliphatic carbocycles. The van der Waals surface area contributed by atoms with E-state index in [2.05, 4.69) is 24.1 Å². The van der Waals surface area contributed by atoms with Gasteiger partial charge in [-0.1, -0.05) is 20.3 Å². The first-order valence-corrected chi connectivity index (χ1v) is 9.20. The molecule has 0 unspecified atom stereocenters. The molecule has 3 fully saturated rings. The molecule has 4 atom stereocenters. The molecule has 4 nitrogen and oxygen atoms in total. The normalized spacial score (nSPS) is 35.2. The van der Waals surface area contributed by atoms with Gasteiger partial charge in [-0.15, -0.1) is 0 Å². The molecule has 3 aliphatic rings. The van der Waals surface area contributed by atoms with Gasteiger partial charge in [0.25, 0.3) is 0 Å². The second kappa shape index (κ2) is 7.31. The van der Waals surface area contributed by atoms with E-state index >= 15 is 0 Å². The molecule has 0 spiro atoms. The van der Waals surface area contributed by atoms with E-state index in [-0.39, 0.29) is 12.0 Å². The molecule has 0 aromatic rings. The number of fused-ring (bicyclic) bond motifs is 2. The lowest BCUT2D eigenvalue weighted by Gasteiger charge is -2.34. The standard InChI is InChI=1S/C18H32N2O2/c1-13(2)11-20-5-6-22-17(12-20)10-19-18(21)9-16-8-14-3-4-15(16)7-14/h13-17H,3-12H2,1-2H3,(H,19,21)/t14-,15-,16-,17-/m0/s1. The zero-order chi connectivity index (χ0) is 15.5. The number of amides is 1. The van der Waals surface area contributed by atoms with Crippen LogP contribution in [0.15, 0.2) is 0 Å². The first-order chi connectivity index (χ1) is 10.6. The predicted molar refractivity (Wildman–Crippen MR) is 87.6 cm³/mol. The van der Waals surface area contributed by atoms with Crippen LogP contribution in [0.1, 0.15) is 46.0 Å². The van der Waals surface area contributed by atoms with Crippen LogP contribution < -0.4 is 5.32 Å². The topological polar surface area (TPSA) is 41.6 Å². The molecule has 2 bridgehead atoms. The number of nitrogens with one attached hydrogen (secondary N) is 1. The molecule has 3 rings (SSSR count). The van der Waals surface area contributed by atoms with E-state index in [1.54, 1.807) is 0 Å². The second-order valence-electron chi connectivity index (χ2n) is 8.09. The zero-order valence-electron chi connectivity index (χ0n) is 14.2. The highest BCUT2D eigenvalue weighted by Crippen LogP contribution is 2.49. The van der Waals surface area contributed by atoms with Gasteiger partial charge in [0.05, 0.1) is 12.7 Å². The SMILES string of the molecule is CC(C)CN1CCO[C@@H](CNC(=O)C[C@@H]2C[C@H]3CC[C@H]2C3)C1. The van der Waals surface area contributed by atoms with Gasteiger partial charge in [0, 0.05) is 32.6 Å². The molecule has 4 heteroatoms. The summed E-state index contributed by atoms with van der Waals surface area (Å²) in [5, 5.41) is 3.12. The minimum absolute atomic E-state index is 0.163. The molecule has 1 heterocycles. The van der Waals surface area contributed by atoms with Crippen LogP contribution >= 0.6 is 0 Å². The number of morpholine rings is 1. The van der Waals surface area contributed by atoms with Gasteiger partial charge in [0.15, 0.2) is 0 Å². The molecule has 22 heavy (non-hydrogen) atoms. The Morgan fingerprint density at radius 3 is 2.86 bits per heavy atom. The lowest BCUT2D eigenvalue weighted by Crippen LogP contribution is -2.48. The monoisotopic (exact) mass is 308 g/mol. The van der Waals surface area contributed by atoms with Gasteiger partial charge in [0.2, 0.25) is 5.91 Å². The van der Waals surface area contributed by atoms with Gasteiger partial charge in [-0.25, -0.2) is 0 Å². The predicted octanol–water partition coefficient (Wildman–Crippen LogP) is 2.29. The van der Waals surface area contributed by atoms with Gasteiger partial charge in [-0.3, -0.25) is 9.69 Å². The summed E-state index contributed by atoms with van der Waals surface area (Å²) in [5.41, 5.74) is 0. The summed E-state index contributed by atoms with van der Waals surface area (Å²) in [5.74, 6) is 3.34. The lowest BCUT2D eigenvalue weighted by atomic mass is 9.86. The largest absolute Gasteiger partial charge is 0.374 e. The van der Waals surface area contributed by atoms with Crippen molar-refractivity contribution in [2.24, 2.45) is 23.7 Å². The van der Waals surface area contributed by atoms with E-state index in [0.717, 1.165) is 44.5 Å². The second-order valence-corrected chi connectivity index (χ2v) is 8.09. The Bertz CT molecular complexity index is 385. The van der Waals surface area contributed by atoms with Crippen LogP contribution in [0.3, 0.4) is 0 Å². The number of carbonyl (C=O) groups is 1. The molecular formula is C18H32N2O2. The number of rotatable bonds is 6. The molecule has 0 radical (unpaired) electrons. The third-order valence-corrected chi connectivity index (χ3v) is 5.71. The van der Waals surface area contributed by atoms with Crippen LogP contribution in [0.25, 0.3) is 0 Å². The number of hydrogen-bond donors (Lipinski definition) is 1. The summed E-state index contributed by atoms with van der Waals surface area (Å²) < 4.78 is 5.80. The molecule has 126 valence electrons. The summed E-state index contributed by atoms with van der Waals surface area (Å²) >= 11 is 0. The van der Waals surface area contributed by atoms with Crippen LogP contribution in [-0.4, -0.2) is 49.7 Å². The number of carbonyl (C=O) groups excluding carboxylic acids is 1. The first kappa shape index (κ1) is 16.3. The third kappa shape index (κ3) is 4.23. The molecule has 1 aliphatic heterocycles. The average molecular weight is 308 g/mol. The maximum atomic E-state index is 12.2. The maximum Gasteiger partial charge on any atom is 0.220 e. The highest BCUT2D eigenvalue weighted by atomic mass is 16.5. The van der Waals surface area contributed by atoms with Crippen molar-refractivity contribution in [3.05, 3.63) is 0 Å². The first-order valence-electron chi connectivity index (χ1n) is 9.20. The number of ether oxygens (including phenoxy) is 1. The minimum Gasteiger partial charge on any atom is -0.374 e. The van der Waals surface area contributed by atoms with Crippen molar-refractivity contribution in [1.29, 1.82) is 0 Å². The van der Waals surface area contributed by atoms with E-state index in [9.17, 15) is 4.79 Å². The van der Waals surface area contributed by atoms with Gasteiger partial charge >= 0.3 is 0 Å². The van der Waals surface area contributed by atoms with Crippen molar-refractivity contribution >= 4 is 5.91 Å². The van der Waals surface area contributed by atoms with Crippen molar-refractivity contribution in [2.75, 3.05) is 32.8 Å². The Kier molecular flexibility index (Phi) is 5.40. The Balaban J connectivity index is 1.36. The molecule has 1 N–H and O–H groups in total. The van der Waals surface area contributed by atoms with E-state index < -0.39 is 0 Å². The Labute approximate surface area is 135 Å². The number of nitrogens with zero attached hydrogens (tertiary/aromatic N) is 1. The lowest BCUT2D eigenvalue weighted by molar-refractivity contribution is -0.123. The highest BCUT2D eigenvalue weighted by molar-refractivity contribution is 5.76. The molecule has 1 saturated heterocycles. The Hall–Kier alpha value is -0.610. The van der Waals surface area contributed by atoms with Gasteiger partial charge < -0.3 is 10.1 Å². The summed E-state index contributed by atoms with van der Waals surface area (Å²) in [6.45, 7) is 9.07. The third-order valence-electron chi connectivity index (χ3n) is 5.71. The molecular weight excluding hydrogens is 276 g/mol. The van der Waals surface area contributed by atoms with E-state index in [1.807, 2.05) is 0 Å². The summed E-state index contributed by atoms with van der Waals surface area (Å²) in [7, 11) is 0. The quantitative estimate of drug-likeness (QED) is 0.818. The summed E-state index contributed by atoms with van der Waals surface area (Å²) in [6.07, 6.45) is 6.34. The summed E-state index contributed by atoms with van der Waals surface area (Å²) in [6, 6.07) is 0. The van der Waals surface area contributed by atoms with Gasteiger partial charge in [-0.05, 0) is 42.9 Å². The molecule has 1 amide bonds. The Morgan fingerprint density at radius 1 is 1.32 bits per heavy atom. The molecule has 0 aromatic heterocycles. The van der Waals surface area contributed by atoms with Crippen LogP contribution in [0.2, 0.25) is 0 Å². The maximum absolute atomic E-state index is 12.2. The van der Waals surface area contributed by atoms with Crippen molar-refractivity contribution in [3.8, 4) is 0 Å². The smallest absolute Gasteiger partial charge is 0.220 e. The fraction of sp³-hybridized carbons (Fsp3) is 0.944. The van der Waals surface area contributed by atoms with Crippen LogP contribution in [0.5, 0.6) is 0 Å². The molecule has 0 aromatic carbocycles.